The van der Waals surface area contributed by atoms with Crippen molar-refractivity contribution in [2.24, 2.45) is 0 Å². The van der Waals surface area contributed by atoms with E-state index in [1.54, 1.807) is 0 Å². The van der Waals surface area contributed by atoms with E-state index in [9.17, 15) is 0 Å². The van der Waals surface area contributed by atoms with E-state index in [4.69, 9.17) is 0 Å². The van der Waals surface area contributed by atoms with E-state index < -0.39 is 17.1 Å². The molecular formula is C14H20N2Si2. The standard InChI is InChI=1S/C14H20N2Si2/c1(5-11-17-13-7-3-9-15-17)2-6-12-18-14-8-4-10-16-18/h3-4,7-10,13-14H,1-2,5-6,11-12H2. The zero-order valence-electron chi connectivity index (χ0n) is 10.8. The number of hydrogen-bond acceptors (Lipinski definition) is 2. The van der Waals surface area contributed by atoms with Crippen LogP contribution in [-0.2, 0) is 12.1 Å². The minimum Gasteiger partial charge on any atom is -0.305 e. The third kappa shape index (κ3) is 5.10. The SMILES string of the molecule is c1cc[si](CCCCCC[si]2ccccn2)nc1. The molecule has 4 heteroatoms. The van der Waals surface area contributed by atoms with Crippen molar-refractivity contribution in [2.75, 3.05) is 0 Å². The molecule has 2 heterocycles. The lowest BCUT2D eigenvalue weighted by Gasteiger charge is -2.01. The first-order valence-corrected chi connectivity index (χ1v) is 10.2. The highest BCUT2D eigenvalue weighted by Gasteiger charge is 1.97. The summed E-state index contributed by atoms with van der Waals surface area (Å²) in [7, 11) is -1.06. The monoisotopic (exact) mass is 272 g/mol. The van der Waals surface area contributed by atoms with Gasteiger partial charge in [0.05, 0.1) is 0 Å². The summed E-state index contributed by atoms with van der Waals surface area (Å²) in [4.78, 5) is 0. The van der Waals surface area contributed by atoms with E-state index >= 15 is 0 Å². The Labute approximate surface area is 112 Å². The summed E-state index contributed by atoms with van der Waals surface area (Å²) in [5.41, 5.74) is 4.60. The molecule has 0 radical (unpaired) electrons. The maximum atomic E-state index is 4.53. The van der Waals surface area contributed by atoms with Crippen LogP contribution < -0.4 is 0 Å². The van der Waals surface area contributed by atoms with Crippen LogP contribution >= 0.6 is 0 Å². The second kappa shape index (κ2) is 8.16. The Kier molecular flexibility index (Phi) is 6.09. The van der Waals surface area contributed by atoms with Gasteiger partial charge < -0.3 is 9.28 Å². The molecule has 18 heavy (non-hydrogen) atoms. The molecule has 2 nitrogen and oxygen atoms in total. The Balaban J connectivity index is 1.54. The number of hydrogen-bond donors (Lipinski definition) is 0. The largest absolute Gasteiger partial charge is 0.305 e. The van der Waals surface area contributed by atoms with E-state index in [2.05, 4.69) is 32.8 Å². The second-order valence-electron chi connectivity index (χ2n) is 4.56. The average Bonchev–Trinajstić information content (AvgIpc) is 2.45. The Morgan fingerprint density at radius 1 is 0.611 bits per heavy atom. The number of rotatable bonds is 7. The third-order valence-corrected chi connectivity index (χ3v) is 6.92. The molecule has 0 saturated heterocycles. The fraction of sp³-hybridized carbons (Fsp3) is 0.429. The molecule has 2 aromatic heterocycles. The molecule has 2 aromatic rings. The van der Waals surface area contributed by atoms with Gasteiger partial charge in [-0.25, -0.2) is 0 Å². The van der Waals surface area contributed by atoms with Gasteiger partial charge in [-0.2, -0.15) is 0 Å². The van der Waals surface area contributed by atoms with Gasteiger partial charge in [-0.15, -0.1) is 0 Å². The van der Waals surface area contributed by atoms with Crippen molar-refractivity contribution in [3.8, 4) is 0 Å². The van der Waals surface area contributed by atoms with E-state index in [-0.39, 0.29) is 0 Å². The summed E-state index contributed by atoms with van der Waals surface area (Å²) in [5.74, 6) is 0. The van der Waals surface area contributed by atoms with Crippen LogP contribution in [0.2, 0.25) is 0 Å². The van der Waals surface area contributed by atoms with Crippen LogP contribution in [0.5, 0.6) is 0 Å². The summed E-state index contributed by atoms with van der Waals surface area (Å²) in [6, 6.07) is 10.9. The predicted molar refractivity (Wildman–Crippen MR) is 78.8 cm³/mol. The van der Waals surface area contributed by atoms with Crippen LogP contribution in [0.4, 0.5) is 0 Å². The van der Waals surface area contributed by atoms with Crippen molar-refractivity contribution in [1.29, 1.82) is 0 Å². The van der Waals surface area contributed by atoms with Crippen LogP contribution in [0.15, 0.2) is 48.0 Å². The molecule has 0 aliphatic carbocycles. The van der Waals surface area contributed by atoms with Crippen molar-refractivity contribution >= 4 is 17.1 Å². The predicted octanol–water partition coefficient (Wildman–Crippen LogP) is 2.79. The molecule has 0 aliphatic rings. The maximum Gasteiger partial charge on any atom is 0.155 e. The summed E-state index contributed by atoms with van der Waals surface area (Å²) in [5, 5.41) is 0. The van der Waals surface area contributed by atoms with E-state index in [1.165, 1.54) is 37.8 Å². The third-order valence-electron chi connectivity index (χ3n) is 3.07. The summed E-state index contributed by atoms with van der Waals surface area (Å²) in [6.07, 6.45) is 9.31. The fourth-order valence-corrected chi connectivity index (χ4v) is 5.27. The van der Waals surface area contributed by atoms with Gasteiger partial charge in [-0.05, 0) is 24.2 Å². The minimum atomic E-state index is -0.530. The first-order chi connectivity index (χ1) is 8.95. The molecule has 0 bridgehead atoms. The van der Waals surface area contributed by atoms with Crippen molar-refractivity contribution in [3.63, 3.8) is 0 Å². The number of nitrogens with zero attached hydrogens (tertiary/aromatic N) is 2. The average molecular weight is 272 g/mol. The van der Waals surface area contributed by atoms with Crippen molar-refractivity contribution in [3.05, 3.63) is 48.0 Å². The molecule has 0 amide bonds. The van der Waals surface area contributed by atoms with Crippen LogP contribution in [0.25, 0.3) is 0 Å². The van der Waals surface area contributed by atoms with Crippen LogP contribution in [-0.4, -0.2) is 26.4 Å². The normalized spacial score (nSPS) is 10.4. The highest BCUT2D eigenvalue weighted by atomic mass is 28.2. The summed E-state index contributed by atoms with van der Waals surface area (Å²) in [6.45, 7) is 0. The van der Waals surface area contributed by atoms with Gasteiger partial charge in [-0.1, -0.05) is 49.2 Å². The fourth-order valence-electron chi connectivity index (χ4n) is 2.06. The lowest BCUT2D eigenvalue weighted by atomic mass is 10.2. The topological polar surface area (TPSA) is 25.8 Å². The van der Waals surface area contributed by atoms with Gasteiger partial charge in [0.2, 0.25) is 0 Å². The van der Waals surface area contributed by atoms with E-state index in [0.717, 1.165) is 0 Å². The maximum absolute atomic E-state index is 4.53. The highest BCUT2D eigenvalue weighted by molar-refractivity contribution is 6.43. The lowest BCUT2D eigenvalue weighted by molar-refractivity contribution is 0.671. The molecule has 0 fully saturated rings. The molecule has 0 atom stereocenters. The van der Waals surface area contributed by atoms with Crippen LogP contribution in [0.1, 0.15) is 25.7 Å². The highest BCUT2D eigenvalue weighted by Crippen LogP contribution is 2.02. The van der Waals surface area contributed by atoms with Crippen LogP contribution in [0, 0.1) is 0 Å². The molecular weight excluding hydrogens is 252 g/mol. The zero-order chi connectivity index (χ0) is 12.5. The number of unbranched alkanes of at least 4 members (excludes halogenated alkanes) is 3. The molecule has 0 spiro atoms. The molecule has 0 aromatic carbocycles. The molecule has 2 rings (SSSR count). The molecule has 0 aliphatic heterocycles. The van der Waals surface area contributed by atoms with E-state index in [0.29, 0.717) is 0 Å². The Bertz CT molecular complexity index is 391. The van der Waals surface area contributed by atoms with Gasteiger partial charge in [0.15, 0.2) is 17.1 Å². The number of aromatic nitrogens is 2. The smallest absolute Gasteiger partial charge is 0.155 e. The first kappa shape index (κ1) is 13.4. The Morgan fingerprint density at radius 3 is 1.50 bits per heavy atom. The van der Waals surface area contributed by atoms with Gasteiger partial charge in [0.25, 0.3) is 0 Å². The number of aryl methyl sites for hydroxylation is 2. The minimum absolute atomic E-state index is 0.530. The van der Waals surface area contributed by atoms with Gasteiger partial charge in [0.1, 0.15) is 0 Å². The lowest BCUT2D eigenvalue weighted by Crippen LogP contribution is -2.05. The zero-order valence-corrected chi connectivity index (χ0v) is 12.8. The summed E-state index contributed by atoms with van der Waals surface area (Å²) >= 11 is 0. The van der Waals surface area contributed by atoms with Crippen molar-refractivity contribution < 1.29 is 0 Å². The van der Waals surface area contributed by atoms with Gasteiger partial charge in [0, 0.05) is 12.4 Å². The van der Waals surface area contributed by atoms with Gasteiger partial charge in [-0.3, -0.25) is 0 Å². The molecule has 94 valence electrons. The molecule has 0 unspecified atom stereocenters. The van der Waals surface area contributed by atoms with Crippen LogP contribution in [0.3, 0.4) is 0 Å². The van der Waals surface area contributed by atoms with Crippen molar-refractivity contribution in [2.45, 2.75) is 37.8 Å². The quantitative estimate of drug-likeness (QED) is 0.572. The summed E-state index contributed by atoms with van der Waals surface area (Å²) < 4.78 is 9.06. The Hall–Kier alpha value is -1.01. The Morgan fingerprint density at radius 2 is 1.11 bits per heavy atom. The van der Waals surface area contributed by atoms with Gasteiger partial charge >= 0.3 is 0 Å². The molecule has 0 N–H and O–H groups in total. The van der Waals surface area contributed by atoms with Crippen molar-refractivity contribution in [1.82, 2.24) is 9.28 Å². The second-order valence-corrected chi connectivity index (χ2v) is 8.70. The van der Waals surface area contributed by atoms with E-state index in [1.807, 2.05) is 24.5 Å². The first-order valence-electron chi connectivity index (χ1n) is 6.75. The molecule has 0 saturated carbocycles.